The number of nitrogens with zero attached hydrogens (tertiary/aromatic N) is 2. The molecule has 0 fully saturated rings. The predicted molar refractivity (Wildman–Crippen MR) is 37.3 cm³/mol. The zero-order valence-corrected chi connectivity index (χ0v) is 7.41. The van der Waals surface area contributed by atoms with Crippen molar-refractivity contribution in [2.75, 3.05) is 0 Å². The van der Waals surface area contributed by atoms with Gasteiger partial charge in [-0.3, -0.25) is 0 Å². The summed E-state index contributed by atoms with van der Waals surface area (Å²) in [6.45, 7) is 0. The fourth-order valence-corrected chi connectivity index (χ4v) is 0.576. The van der Waals surface area contributed by atoms with E-state index in [-0.39, 0.29) is 29.6 Å². The third-order valence-electron chi connectivity index (χ3n) is 0.991. The van der Waals surface area contributed by atoms with Gasteiger partial charge in [-0.1, -0.05) is 18.2 Å². The maximum Gasteiger partial charge on any atom is 0.295 e. The molecule has 1 rings (SSSR count). The largest absolute Gasteiger partial charge is 0.361 e. The predicted octanol–water partition coefficient (Wildman–Crippen LogP) is 0.792. The molecule has 1 aliphatic carbocycles. The minimum atomic E-state index is 0. The number of allylic oxidation sites excluding steroid dienone is 4. The van der Waals surface area contributed by atoms with Crippen LogP contribution >= 0.6 is 0 Å². The van der Waals surface area contributed by atoms with E-state index >= 15 is 0 Å². The molecule has 0 spiro atoms. The molecule has 1 aliphatic rings. The Hall–Kier alpha value is -0.140. The fourth-order valence-electron chi connectivity index (χ4n) is 0.576. The van der Waals surface area contributed by atoms with Crippen molar-refractivity contribution in [3.63, 3.8) is 0 Å². The van der Waals surface area contributed by atoms with Gasteiger partial charge in [0.05, 0.1) is 6.42 Å². The van der Waals surface area contributed by atoms with Gasteiger partial charge in [-0.05, 0) is 0 Å². The van der Waals surface area contributed by atoms with E-state index in [4.69, 9.17) is 5.53 Å². The van der Waals surface area contributed by atoms with Crippen LogP contribution in [-0.4, -0.2) is 40.1 Å². The maximum atomic E-state index is 8.19. The third kappa shape index (κ3) is 2.78. The van der Waals surface area contributed by atoms with Crippen molar-refractivity contribution in [2.24, 2.45) is 0 Å². The zero-order valence-electron chi connectivity index (χ0n) is 5.41. The summed E-state index contributed by atoms with van der Waals surface area (Å²) >= 11 is 0. The van der Waals surface area contributed by atoms with Crippen LogP contribution in [0.2, 0.25) is 0 Å². The van der Waals surface area contributed by atoms with Crippen LogP contribution in [0.15, 0.2) is 24.3 Å². The molecule has 0 saturated carbocycles. The minimum absolute atomic E-state index is 0. The molecular weight excluding hydrogens is 123 g/mol. The topological polar surface area (TPSA) is 36.4 Å². The number of rotatable bonds is 0. The first-order chi connectivity index (χ1) is 3.93. The van der Waals surface area contributed by atoms with Crippen LogP contribution in [0.5, 0.6) is 0 Å². The van der Waals surface area contributed by atoms with Gasteiger partial charge in [0, 0.05) is 35.6 Å². The Balaban J connectivity index is 0.000000640. The van der Waals surface area contributed by atoms with Crippen molar-refractivity contribution < 1.29 is 4.79 Å². The SMILES string of the molecule is [N-]=[N+]=C1C=CC=CC1.[Na]. The smallest absolute Gasteiger partial charge is 0.295 e. The summed E-state index contributed by atoms with van der Waals surface area (Å²) in [5.74, 6) is 0. The molecular formula is C6H6N2Na. The second-order valence-electron chi connectivity index (χ2n) is 1.58. The van der Waals surface area contributed by atoms with Crippen LogP contribution in [0.1, 0.15) is 6.42 Å². The van der Waals surface area contributed by atoms with Crippen LogP contribution in [0.25, 0.3) is 5.53 Å². The molecule has 0 heterocycles. The average Bonchev–Trinajstić information content (AvgIpc) is 1.90. The summed E-state index contributed by atoms with van der Waals surface area (Å²) < 4.78 is 0. The fraction of sp³-hybridized carbons (Fsp3) is 0.167. The zero-order chi connectivity index (χ0) is 5.82. The van der Waals surface area contributed by atoms with Gasteiger partial charge in [-0.15, -0.1) is 0 Å². The third-order valence-corrected chi connectivity index (χ3v) is 0.991. The van der Waals surface area contributed by atoms with Crippen molar-refractivity contribution in [3.05, 3.63) is 29.8 Å². The summed E-state index contributed by atoms with van der Waals surface area (Å²) in [7, 11) is 0. The number of hydrogen-bond donors (Lipinski definition) is 0. The molecule has 0 unspecified atom stereocenters. The molecule has 0 saturated heterocycles. The van der Waals surface area contributed by atoms with E-state index in [2.05, 4.69) is 4.79 Å². The van der Waals surface area contributed by atoms with Crippen molar-refractivity contribution in [1.82, 2.24) is 0 Å². The average molecular weight is 129 g/mol. The Morgan fingerprint density at radius 2 is 2.22 bits per heavy atom. The molecule has 2 nitrogen and oxygen atoms in total. The van der Waals surface area contributed by atoms with Crippen molar-refractivity contribution >= 4 is 35.3 Å². The standard InChI is InChI=1S/C6H6N2.Na/c7-8-6-4-2-1-3-5-6;/h1-4H,5H2;. The molecule has 3 heteroatoms. The molecule has 0 aromatic heterocycles. The molecule has 0 bridgehead atoms. The van der Waals surface area contributed by atoms with Gasteiger partial charge in [-0.25, -0.2) is 0 Å². The Bertz CT molecular complexity index is 187. The summed E-state index contributed by atoms with van der Waals surface area (Å²) in [6.07, 6.45) is 8.23. The van der Waals surface area contributed by atoms with E-state index < -0.39 is 0 Å². The molecule has 1 radical (unpaired) electrons. The van der Waals surface area contributed by atoms with Crippen LogP contribution in [0.4, 0.5) is 0 Å². The van der Waals surface area contributed by atoms with Gasteiger partial charge in [0.1, 0.15) is 0 Å². The first-order valence-electron chi connectivity index (χ1n) is 2.47. The van der Waals surface area contributed by atoms with E-state index in [0.717, 1.165) is 6.42 Å². The van der Waals surface area contributed by atoms with E-state index in [1.54, 1.807) is 6.08 Å². The van der Waals surface area contributed by atoms with E-state index in [1.807, 2.05) is 18.2 Å². The first kappa shape index (κ1) is 8.86. The van der Waals surface area contributed by atoms with E-state index in [9.17, 15) is 0 Å². The van der Waals surface area contributed by atoms with Gasteiger partial charge >= 0.3 is 0 Å². The second kappa shape index (κ2) is 4.71. The van der Waals surface area contributed by atoms with Gasteiger partial charge in [-0.2, -0.15) is 4.79 Å². The van der Waals surface area contributed by atoms with Crippen LogP contribution in [-0.2, 0) is 0 Å². The van der Waals surface area contributed by atoms with Crippen LogP contribution in [0, 0.1) is 0 Å². The molecule has 0 aliphatic heterocycles. The van der Waals surface area contributed by atoms with Crippen LogP contribution < -0.4 is 0 Å². The minimum Gasteiger partial charge on any atom is -0.361 e. The molecule has 41 valence electrons. The van der Waals surface area contributed by atoms with Gasteiger partial charge in [0.25, 0.3) is 5.71 Å². The van der Waals surface area contributed by atoms with Crippen LogP contribution in [0.3, 0.4) is 0 Å². The summed E-state index contributed by atoms with van der Waals surface area (Å²) in [6, 6.07) is 0. The second-order valence-corrected chi connectivity index (χ2v) is 1.58. The molecule has 0 atom stereocenters. The Morgan fingerprint density at radius 1 is 1.44 bits per heavy atom. The van der Waals surface area contributed by atoms with E-state index in [1.165, 1.54) is 0 Å². The first-order valence-corrected chi connectivity index (χ1v) is 2.47. The van der Waals surface area contributed by atoms with Gasteiger partial charge in [0.2, 0.25) is 0 Å². The van der Waals surface area contributed by atoms with E-state index in [0.29, 0.717) is 5.71 Å². The maximum absolute atomic E-state index is 8.19. The van der Waals surface area contributed by atoms with Crippen molar-refractivity contribution in [1.29, 1.82) is 0 Å². The molecule has 0 aromatic rings. The Kier molecular flexibility index (Phi) is 4.64. The molecule has 0 N–H and O–H groups in total. The molecule has 0 aromatic carbocycles. The summed E-state index contributed by atoms with van der Waals surface area (Å²) in [5.41, 5.74) is 8.91. The normalized spacial score (nSPS) is 14.4. The van der Waals surface area contributed by atoms with Crippen molar-refractivity contribution in [2.45, 2.75) is 6.42 Å². The number of hydrogen-bond acceptors (Lipinski definition) is 0. The summed E-state index contributed by atoms with van der Waals surface area (Å²) in [5, 5.41) is 0. The Labute approximate surface area is 76.2 Å². The van der Waals surface area contributed by atoms with Crippen molar-refractivity contribution in [3.8, 4) is 0 Å². The van der Waals surface area contributed by atoms with Gasteiger partial charge < -0.3 is 5.53 Å². The molecule has 0 amide bonds. The van der Waals surface area contributed by atoms with Gasteiger partial charge in [0.15, 0.2) is 0 Å². The Morgan fingerprint density at radius 3 is 2.56 bits per heavy atom. The monoisotopic (exact) mass is 129 g/mol. The summed E-state index contributed by atoms with van der Waals surface area (Å²) in [4.78, 5) is 3.03. The molecule has 9 heavy (non-hydrogen) atoms. The quantitative estimate of drug-likeness (QED) is 0.263.